The zero-order valence-electron chi connectivity index (χ0n) is 31.7. The van der Waals surface area contributed by atoms with Gasteiger partial charge < -0.3 is 4.90 Å². The molecule has 266 valence electrons. The molecule has 1 aliphatic rings. The SMILES string of the molecule is CC1(C)c2ccccc2-c2c(-c3ccc(N(c4ccc(-c5cccc6ccccc56)cc4)c4ccccc4-c4cccc(-c5ccccc5)c4)cc3)cccc21. The highest BCUT2D eigenvalue weighted by Crippen LogP contribution is 2.52. The Labute approximate surface area is 329 Å². The molecule has 0 saturated carbocycles. The van der Waals surface area contributed by atoms with Gasteiger partial charge in [-0.1, -0.05) is 190 Å². The Hall–Kier alpha value is -6.96. The van der Waals surface area contributed by atoms with E-state index in [4.69, 9.17) is 0 Å². The maximum atomic E-state index is 2.41. The van der Waals surface area contributed by atoms with Gasteiger partial charge in [-0.25, -0.2) is 0 Å². The lowest BCUT2D eigenvalue weighted by Gasteiger charge is -2.28. The summed E-state index contributed by atoms with van der Waals surface area (Å²) in [5.41, 5.74) is 18.5. The standard InChI is InChI=1S/C55H41N/c1-55(2)51-26-10-8-23-50(51)54-49(25-14-27-52(54)55)41-31-35-45(36-32-41)56(44-33-29-40(30-34-44)47-24-13-18-39-17-6-7-21-46(39)47)53-28-11-9-22-48(53)43-20-12-19-42(37-43)38-15-4-3-5-16-38/h3-37H,1-2H3. The molecule has 1 heteroatoms. The molecule has 0 unspecified atom stereocenters. The first kappa shape index (κ1) is 33.6. The fourth-order valence-corrected chi connectivity index (χ4v) is 8.89. The minimum atomic E-state index is -0.0433. The molecule has 0 fully saturated rings. The number of fused-ring (bicyclic) bond motifs is 4. The lowest BCUT2D eigenvalue weighted by Crippen LogP contribution is -2.14. The molecule has 0 spiro atoms. The van der Waals surface area contributed by atoms with Crippen LogP contribution in [0, 0.1) is 0 Å². The minimum absolute atomic E-state index is 0.0433. The Morgan fingerprint density at radius 3 is 1.64 bits per heavy atom. The fraction of sp³-hybridized carbons (Fsp3) is 0.0545. The second-order valence-electron chi connectivity index (χ2n) is 15.3. The van der Waals surface area contributed by atoms with E-state index in [1.165, 1.54) is 77.5 Å². The molecular weight excluding hydrogens is 675 g/mol. The van der Waals surface area contributed by atoms with Crippen molar-refractivity contribution in [2.75, 3.05) is 4.90 Å². The molecule has 1 nitrogen and oxygen atoms in total. The van der Waals surface area contributed by atoms with Crippen molar-refractivity contribution in [2.24, 2.45) is 0 Å². The highest BCUT2D eigenvalue weighted by molar-refractivity contribution is 5.98. The Bertz CT molecular complexity index is 2860. The molecule has 0 aliphatic heterocycles. The first-order valence-corrected chi connectivity index (χ1v) is 19.5. The molecular formula is C55H41N. The first-order chi connectivity index (χ1) is 27.5. The number of benzene rings is 9. The van der Waals surface area contributed by atoms with Gasteiger partial charge in [0.1, 0.15) is 0 Å². The van der Waals surface area contributed by atoms with Crippen molar-refractivity contribution in [1.82, 2.24) is 0 Å². The van der Waals surface area contributed by atoms with E-state index in [1.807, 2.05) is 0 Å². The third-order valence-electron chi connectivity index (χ3n) is 11.7. The number of para-hydroxylation sites is 1. The van der Waals surface area contributed by atoms with E-state index in [0.717, 1.165) is 17.1 Å². The van der Waals surface area contributed by atoms with Crippen molar-refractivity contribution in [3.63, 3.8) is 0 Å². The van der Waals surface area contributed by atoms with E-state index in [9.17, 15) is 0 Å². The largest absolute Gasteiger partial charge is 0.310 e. The van der Waals surface area contributed by atoms with Crippen molar-refractivity contribution in [1.29, 1.82) is 0 Å². The molecule has 1 aliphatic carbocycles. The van der Waals surface area contributed by atoms with E-state index in [0.29, 0.717) is 0 Å². The van der Waals surface area contributed by atoms with Crippen LogP contribution in [-0.2, 0) is 5.41 Å². The molecule has 56 heavy (non-hydrogen) atoms. The topological polar surface area (TPSA) is 3.24 Å². The van der Waals surface area contributed by atoms with Gasteiger partial charge in [0.2, 0.25) is 0 Å². The van der Waals surface area contributed by atoms with Crippen LogP contribution in [0.25, 0.3) is 66.4 Å². The van der Waals surface area contributed by atoms with Gasteiger partial charge in [0.15, 0.2) is 0 Å². The van der Waals surface area contributed by atoms with E-state index in [2.05, 4.69) is 231 Å². The van der Waals surface area contributed by atoms with Crippen LogP contribution < -0.4 is 4.90 Å². The average molecular weight is 716 g/mol. The number of nitrogens with zero attached hydrogens (tertiary/aromatic N) is 1. The third kappa shape index (κ3) is 5.72. The minimum Gasteiger partial charge on any atom is -0.310 e. The van der Waals surface area contributed by atoms with Gasteiger partial charge in [-0.3, -0.25) is 0 Å². The zero-order valence-corrected chi connectivity index (χ0v) is 31.7. The van der Waals surface area contributed by atoms with Crippen molar-refractivity contribution >= 4 is 27.8 Å². The summed E-state index contributed by atoms with van der Waals surface area (Å²) in [6.45, 7) is 4.70. The summed E-state index contributed by atoms with van der Waals surface area (Å²) in [4.78, 5) is 2.41. The zero-order chi connectivity index (χ0) is 37.6. The van der Waals surface area contributed by atoms with Crippen LogP contribution in [0.2, 0.25) is 0 Å². The molecule has 0 N–H and O–H groups in total. The van der Waals surface area contributed by atoms with E-state index in [-0.39, 0.29) is 5.41 Å². The summed E-state index contributed by atoms with van der Waals surface area (Å²) in [7, 11) is 0. The smallest absolute Gasteiger partial charge is 0.0540 e. The van der Waals surface area contributed by atoms with E-state index >= 15 is 0 Å². The van der Waals surface area contributed by atoms with Gasteiger partial charge in [0.25, 0.3) is 0 Å². The summed E-state index contributed by atoms with van der Waals surface area (Å²) >= 11 is 0. The Balaban J connectivity index is 1.10. The summed E-state index contributed by atoms with van der Waals surface area (Å²) < 4.78 is 0. The molecule has 0 radical (unpaired) electrons. The lowest BCUT2D eigenvalue weighted by molar-refractivity contribution is 0.660. The molecule has 0 saturated heterocycles. The van der Waals surface area contributed by atoms with Gasteiger partial charge in [-0.15, -0.1) is 0 Å². The van der Waals surface area contributed by atoms with Crippen LogP contribution in [0.15, 0.2) is 212 Å². The van der Waals surface area contributed by atoms with Gasteiger partial charge >= 0.3 is 0 Å². The molecule has 0 bridgehead atoms. The maximum Gasteiger partial charge on any atom is 0.0540 e. The number of rotatable bonds is 7. The summed E-state index contributed by atoms with van der Waals surface area (Å²) in [6.07, 6.45) is 0. The highest BCUT2D eigenvalue weighted by Gasteiger charge is 2.36. The lowest BCUT2D eigenvalue weighted by atomic mass is 9.82. The van der Waals surface area contributed by atoms with E-state index < -0.39 is 0 Å². The predicted molar refractivity (Wildman–Crippen MR) is 238 cm³/mol. The van der Waals surface area contributed by atoms with Gasteiger partial charge in [-0.2, -0.15) is 0 Å². The Morgan fingerprint density at radius 1 is 0.339 bits per heavy atom. The summed E-state index contributed by atoms with van der Waals surface area (Å²) in [5, 5.41) is 2.51. The molecule has 0 heterocycles. The van der Waals surface area contributed by atoms with Crippen molar-refractivity contribution < 1.29 is 0 Å². The quantitative estimate of drug-likeness (QED) is 0.159. The molecule has 10 rings (SSSR count). The maximum absolute atomic E-state index is 2.41. The second-order valence-corrected chi connectivity index (χ2v) is 15.3. The van der Waals surface area contributed by atoms with Crippen LogP contribution in [0.5, 0.6) is 0 Å². The second kappa shape index (κ2) is 13.7. The third-order valence-corrected chi connectivity index (χ3v) is 11.7. The highest BCUT2D eigenvalue weighted by atomic mass is 15.1. The number of hydrogen-bond acceptors (Lipinski definition) is 1. The van der Waals surface area contributed by atoms with Crippen LogP contribution >= 0.6 is 0 Å². The normalized spacial score (nSPS) is 12.6. The van der Waals surface area contributed by atoms with Gasteiger partial charge in [0, 0.05) is 22.4 Å². The Kier molecular flexibility index (Phi) is 8.23. The predicted octanol–water partition coefficient (Wildman–Crippen LogP) is 15.3. The Morgan fingerprint density at radius 2 is 0.857 bits per heavy atom. The van der Waals surface area contributed by atoms with Crippen LogP contribution in [0.3, 0.4) is 0 Å². The monoisotopic (exact) mass is 715 g/mol. The molecule has 0 atom stereocenters. The average Bonchev–Trinajstić information content (AvgIpc) is 3.50. The summed E-state index contributed by atoms with van der Waals surface area (Å²) in [5.74, 6) is 0. The van der Waals surface area contributed by atoms with Gasteiger partial charge in [0.05, 0.1) is 5.69 Å². The summed E-state index contributed by atoms with van der Waals surface area (Å²) in [6, 6.07) is 77.5. The fourth-order valence-electron chi connectivity index (χ4n) is 8.89. The molecule has 0 amide bonds. The van der Waals surface area contributed by atoms with E-state index in [1.54, 1.807) is 0 Å². The van der Waals surface area contributed by atoms with Crippen LogP contribution in [0.1, 0.15) is 25.0 Å². The van der Waals surface area contributed by atoms with Crippen molar-refractivity contribution in [2.45, 2.75) is 19.3 Å². The first-order valence-electron chi connectivity index (χ1n) is 19.5. The molecule has 0 aromatic heterocycles. The van der Waals surface area contributed by atoms with Crippen molar-refractivity contribution in [3.05, 3.63) is 223 Å². The number of anilines is 3. The van der Waals surface area contributed by atoms with Crippen molar-refractivity contribution in [3.8, 4) is 55.6 Å². The molecule has 9 aromatic rings. The molecule has 9 aromatic carbocycles. The van der Waals surface area contributed by atoms with Crippen LogP contribution in [0.4, 0.5) is 17.1 Å². The van der Waals surface area contributed by atoms with Gasteiger partial charge in [-0.05, 0) is 108 Å². The number of hydrogen-bond donors (Lipinski definition) is 0. The van der Waals surface area contributed by atoms with Crippen LogP contribution in [-0.4, -0.2) is 0 Å².